The Morgan fingerprint density at radius 3 is 2.73 bits per heavy atom. The van der Waals surface area contributed by atoms with Gasteiger partial charge in [-0.05, 0) is 33.3 Å². The highest BCUT2D eigenvalue weighted by molar-refractivity contribution is 7.11. The number of ether oxygens (including phenoxy) is 1. The number of carboxylic acids is 1. The Kier molecular flexibility index (Phi) is 9.06. The van der Waals surface area contributed by atoms with E-state index in [0.717, 1.165) is 11.1 Å². The molecule has 16 heteroatoms. The smallest absolute Gasteiger partial charge is 0.338 e. The van der Waals surface area contributed by atoms with Crippen LogP contribution in [0.5, 0.6) is 0 Å². The predicted molar refractivity (Wildman–Crippen MR) is 152 cm³/mol. The van der Waals surface area contributed by atoms with Crippen molar-refractivity contribution in [2.45, 2.75) is 51.2 Å². The molecule has 0 spiro atoms. The van der Waals surface area contributed by atoms with E-state index < -0.39 is 64.6 Å². The number of carboxylic acid groups (broad SMARTS) is 1. The molecule has 238 valence electrons. The van der Waals surface area contributed by atoms with Crippen LogP contribution >= 0.6 is 22.9 Å². The van der Waals surface area contributed by atoms with Gasteiger partial charge in [-0.15, -0.1) is 11.3 Å². The molecule has 0 saturated carbocycles. The van der Waals surface area contributed by atoms with Gasteiger partial charge in [-0.2, -0.15) is 5.06 Å². The fourth-order valence-corrected chi connectivity index (χ4v) is 6.33. The van der Waals surface area contributed by atoms with Crippen molar-refractivity contribution in [1.82, 2.24) is 20.3 Å². The van der Waals surface area contributed by atoms with Crippen molar-refractivity contribution >= 4 is 40.7 Å². The molecule has 2 saturated heterocycles. The molecular formula is C28H30ClF4N5O5S. The van der Waals surface area contributed by atoms with E-state index in [9.17, 15) is 23.5 Å². The van der Waals surface area contributed by atoms with Gasteiger partial charge < -0.3 is 15.2 Å². The molecule has 2 N–H and O–H groups in total. The number of halogens is 5. The first-order valence-electron chi connectivity index (χ1n) is 13.8. The van der Waals surface area contributed by atoms with E-state index in [-0.39, 0.29) is 55.4 Å². The summed E-state index contributed by atoms with van der Waals surface area (Å²) in [6.45, 7) is 3.54. The molecule has 1 aromatic heterocycles. The zero-order valence-corrected chi connectivity index (χ0v) is 25.5. The third kappa shape index (κ3) is 6.07. The number of nitrogens with zero attached hydrogens (tertiary/aromatic N) is 4. The van der Waals surface area contributed by atoms with Crippen LogP contribution in [-0.4, -0.2) is 88.7 Å². The number of hydroxylamine groups is 2. The normalized spacial score (nSPS) is 23.8. The number of aromatic nitrogens is 1. The summed E-state index contributed by atoms with van der Waals surface area (Å²) in [4.78, 5) is 40.9. The molecule has 44 heavy (non-hydrogen) atoms. The fraction of sp³-hybridized carbons (Fsp3) is 0.500. The maximum Gasteiger partial charge on any atom is 0.338 e. The van der Waals surface area contributed by atoms with Crippen LogP contribution in [0.2, 0.25) is 5.02 Å². The monoisotopic (exact) mass is 659 g/mol. The summed E-state index contributed by atoms with van der Waals surface area (Å²) in [5, 5.41) is 15.2. The van der Waals surface area contributed by atoms with Gasteiger partial charge in [0.25, 0.3) is 5.92 Å². The molecule has 1 aromatic carbocycles. The topological polar surface area (TPSA) is 117 Å². The molecular weight excluding hydrogens is 630 g/mol. The van der Waals surface area contributed by atoms with Crippen LogP contribution in [0.15, 0.2) is 40.0 Å². The third-order valence-corrected chi connectivity index (χ3v) is 9.08. The van der Waals surface area contributed by atoms with Gasteiger partial charge in [-0.1, -0.05) is 17.7 Å². The quantitative estimate of drug-likeness (QED) is 0.217. The minimum atomic E-state index is -3.25. The van der Waals surface area contributed by atoms with Crippen LogP contribution in [0.4, 0.5) is 17.6 Å². The zero-order valence-electron chi connectivity index (χ0n) is 24.0. The van der Waals surface area contributed by atoms with Gasteiger partial charge in [0.05, 0.1) is 41.8 Å². The maximum atomic E-state index is 15.6. The Balaban J connectivity index is 1.52. The molecule has 3 unspecified atom stereocenters. The number of carbonyl (C=O) groups is 2. The average molecular weight is 660 g/mol. The number of esters is 1. The number of aliphatic imine (C=N–C) groups is 1. The Morgan fingerprint density at radius 2 is 2.07 bits per heavy atom. The lowest BCUT2D eigenvalue weighted by atomic mass is 9.89. The number of carbonyl (C=O) groups excluding carboxylic acids is 1. The molecule has 0 radical (unpaired) electrons. The summed E-state index contributed by atoms with van der Waals surface area (Å²) < 4.78 is 65.0. The minimum absolute atomic E-state index is 0.0253. The van der Waals surface area contributed by atoms with Gasteiger partial charge >= 0.3 is 11.9 Å². The van der Waals surface area contributed by atoms with Crippen LogP contribution in [0, 0.1) is 17.0 Å². The standard InChI is InChI=1S/C28H30ClF4N5O5S/c1-4-42-25(39)18-16(11-37-13-28(32,33)22-17(37)12-43-38(22)9-7-27(2,3)26(40)41)35-23(24-34-8-10-44-24)36-21(18)14-5-6-15(30)20(31)19(14)29/h5-6,8,10,17,21-22H,4,7,9,11-13H2,1-3H3,(H,35,36)(H,40,41). The second kappa shape index (κ2) is 12.4. The van der Waals surface area contributed by atoms with Crippen molar-refractivity contribution in [1.29, 1.82) is 0 Å². The van der Waals surface area contributed by atoms with Crippen molar-refractivity contribution < 1.29 is 41.8 Å². The highest BCUT2D eigenvalue weighted by Gasteiger charge is 2.61. The van der Waals surface area contributed by atoms with Crippen molar-refractivity contribution in [3.63, 3.8) is 0 Å². The van der Waals surface area contributed by atoms with E-state index in [4.69, 9.17) is 21.2 Å². The number of hydrogen-bond donors (Lipinski definition) is 2. The molecule has 3 aliphatic rings. The van der Waals surface area contributed by atoms with Crippen LogP contribution < -0.4 is 5.32 Å². The Labute approximate surface area is 259 Å². The van der Waals surface area contributed by atoms with Gasteiger partial charge in [0.15, 0.2) is 22.5 Å². The van der Waals surface area contributed by atoms with Crippen molar-refractivity contribution in [2.75, 3.05) is 32.8 Å². The first-order chi connectivity index (χ1) is 20.7. The van der Waals surface area contributed by atoms with E-state index in [2.05, 4.69) is 15.3 Å². The van der Waals surface area contributed by atoms with Crippen LogP contribution in [0.25, 0.3) is 0 Å². The lowest BCUT2D eigenvalue weighted by molar-refractivity contribution is -0.186. The highest BCUT2D eigenvalue weighted by atomic mass is 35.5. The molecule has 0 amide bonds. The number of thiazole rings is 1. The van der Waals surface area contributed by atoms with Crippen molar-refractivity contribution in [2.24, 2.45) is 10.4 Å². The number of amidine groups is 1. The van der Waals surface area contributed by atoms with E-state index >= 15 is 8.78 Å². The van der Waals surface area contributed by atoms with Crippen LogP contribution in [0.3, 0.4) is 0 Å². The molecule has 3 aliphatic heterocycles. The molecule has 0 bridgehead atoms. The molecule has 0 aliphatic carbocycles. The summed E-state index contributed by atoms with van der Waals surface area (Å²) in [5.41, 5.74) is -1.13. The summed E-state index contributed by atoms with van der Waals surface area (Å²) in [6, 6.07) is -1.39. The number of rotatable bonds is 10. The van der Waals surface area contributed by atoms with Gasteiger partial charge in [-0.3, -0.25) is 19.5 Å². The van der Waals surface area contributed by atoms with E-state index in [0.29, 0.717) is 5.01 Å². The molecule has 5 rings (SSSR count). The number of benzene rings is 1. The van der Waals surface area contributed by atoms with E-state index in [1.54, 1.807) is 12.3 Å². The lowest BCUT2D eigenvalue weighted by Gasteiger charge is -2.30. The van der Waals surface area contributed by atoms with Crippen molar-refractivity contribution in [3.05, 3.63) is 62.2 Å². The van der Waals surface area contributed by atoms with Crippen molar-refractivity contribution in [3.8, 4) is 0 Å². The minimum Gasteiger partial charge on any atom is -0.481 e. The third-order valence-electron chi connectivity index (χ3n) is 7.91. The Morgan fingerprint density at radius 1 is 1.32 bits per heavy atom. The molecule has 2 fully saturated rings. The molecule has 2 aromatic rings. The van der Waals surface area contributed by atoms with E-state index in [1.807, 2.05) is 0 Å². The predicted octanol–water partition coefficient (Wildman–Crippen LogP) is 4.42. The summed E-state index contributed by atoms with van der Waals surface area (Å²) >= 11 is 7.43. The lowest BCUT2D eigenvalue weighted by Crippen LogP contribution is -2.46. The Bertz CT molecular complexity index is 1510. The summed E-state index contributed by atoms with van der Waals surface area (Å²) in [5.74, 6) is -7.48. The molecule has 3 atom stereocenters. The Hall–Kier alpha value is -3.11. The zero-order chi connectivity index (χ0) is 32.0. The number of likely N-dealkylation sites (tertiary alicyclic amines) is 1. The summed E-state index contributed by atoms with van der Waals surface area (Å²) in [6.07, 6.45) is 1.60. The first kappa shape index (κ1) is 32.3. The van der Waals surface area contributed by atoms with Gasteiger partial charge in [-0.25, -0.2) is 27.3 Å². The van der Waals surface area contributed by atoms with Gasteiger partial charge in [0.1, 0.15) is 12.1 Å². The largest absolute Gasteiger partial charge is 0.481 e. The SMILES string of the molecule is CCOC(=O)C1=C(CN2CC(F)(F)C3C2CON3CCC(C)(C)C(=O)O)NC(c2nccs2)=NC1c1ccc(F)c(F)c1Cl. The van der Waals surface area contributed by atoms with Gasteiger partial charge in [0.2, 0.25) is 0 Å². The number of alkyl halides is 2. The van der Waals surface area contributed by atoms with Gasteiger partial charge in [0, 0.05) is 35.9 Å². The highest BCUT2D eigenvalue weighted by Crippen LogP contribution is 2.43. The fourth-order valence-electron chi connectivity index (χ4n) is 5.49. The van der Waals surface area contributed by atoms with E-state index in [1.165, 1.54) is 42.3 Å². The molecule has 4 heterocycles. The second-order valence-electron chi connectivity index (χ2n) is 11.3. The van der Waals surface area contributed by atoms with Crippen LogP contribution in [-0.2, 0) is 19.2 Å². The average Bonchev–Trinajstić information content (AvgIpc) is 3.70. The van der Waals surface area contributed by atoms with Crippen LogP contribution in [0.1, 0.15) is 43.8 Å². The number of nitrogens with one attached hydrogen (secondary N) is 1. The second-order valence-corrected chi connectivity index (χ2v) is 12.5. The number of aliphatic carboxylic acids is 1. The summed E-state index contributed by atoms with van der Waals surface area (Å²) in [7, 11) is 0. The number of fused-ring (bicyclic) bond motifs is 1. The molecule has 10 nitrogen and oxygen atoms in total. The first-order valence-corrected chi connectivity index (χ1v) is 15.0. The number of hydrogen-bond acceptors (Lipinski definition) is 10. The maximum absolute atomic E-state index is 15.6.